The summed E-state index contributed by atoms with van der Waals surface area (Å²) in [6.07, 6.45) is -1.51. The number of nitrogens with zero attached hydrogens (tertiary/aromatic N) is 3. The normalized spacial score (nSPS) is 32.8. The van der Waals surface area contributed by atoms with Gasteiger partial charge in [-0.05, 0) is 0 Å². The smallest absolute Gasteiger partial charge is 0.180 e. The van der Waals surface area contributed by atoms with Crippen LogP contribution in [0.5, 0.6) is 0 Å². The Hall–Kier alpha value is -1.61. The van der Waals surface area contributed by atoms with Crippen molar-refractivity contribution >= 4 is 11.2 Å². The first kappa shape index (κ1) is 11.5. The van der Waals surface area contributed by atoms with E-state index in [9.17, 15) is 15.3 Å². The van der Waals surface area contributed by atoms with E-state index in [1.54, 1.807) is 6.20 Å². The van der Waals surface area contributed by atoms with Gasteiger partial charge in [-0.2, -0.15) is 0 Å². The summed E-state index contributed by atoms with van der Waals surface area (Å²) in [7, 11) is 0. The Kier molecular flexibility index (Phi) is 2.71. The molecule has 96 valence electrons. The highest BCUT2D eigenvalue weighted by Gasteiger charge is 2.39. The number of fused-ring (bicyclic) bond motifs is 1. The molecule has 1 aliphatic rings. The minimum atomic E-state index is -1.26. The van der Waals surface area contributed by atoms with Crippen LogP contribution < -0.4 is 0 Å². The van der Waals surface area contributed by atoms with E-state index < -0.39 is 24.4 Å². The number of imidazole rings is 1. The molecule has 0 spiro atoms. The number of hydrogen-bond acceptors (Lipinski definition) is 7. The molecule has 0 aromatic carbocycles. The van der Waals surface area contributed by atoms with E-state index in [-0.39, 0.29) is 6.61 Å². The predicted octanol–water partition coefficient (Wildman–Crippen LogP) is -1.49. The van der Waals surface area contributed by atoms with Crippen LogP contribution in [0.25, 0.3) is 11.2 Å². The fourth-order valence-electron chi connectivity index (χ4n) is 1.96. The first-order chi connectivity index (χ1) is 8.66. The summed E-state index contributed by atoms with van der Waals surface area (Å²) in [6.45, 7) is -0.0639. The predicted molar refractivity (Wildman–Crippen MR) is 58.4 cm³/mol. The standard InChI is InChI=1S/C10H12N4O4/c15-5-2-18-8(7(17)6(5)16)10-13-4-1-11-3-12-9(4)14-10/h1,3,5-8,15-17H,2H2,(H,11,12,13,14)/t5-,6-,7-,8?/m1/s1. The lowest BCUT2D eigenvalue weighted by Crippen LogP contribution is -2.49. The van der Waals surface area contributed by atoms with Crippen molar-refractivity contribution in [1.82, 2.24) is 19.9 Å². The third-order valence-electron chi connectivity index (χ3n) is 2.95. The lowest BCUT2D eigenvalue weighted by molar-refractivity contribution is -0.191. The number of aromatic amines is 1. The first-order valence-corrected chi connectivity index (χ1v) is 5.48. The number of aliphatic hydroxyl groups is 3. The summed E-state index contributed by atoms with van der Waals surface area (Å²) >= 11 is 0. The SMILES string of the molecule is O[C@@H]1[C@H](O)COC(c2nc3ncncc3[nH]2)[C@@H]1O. The van der Waals surface area contributed by atoms with Gasteiger partial charge >= 0.3 is 0 Å². The van der Waals surface area contributed by atoms with Gasteiger partial charge in [0.15, 0.2) is 5.65 Å². The molecule has 4 N–H and O–H groups in total. The van der Waals surface area contributed by atoms with Crippen LogP contribution in [0.15, 0.2) is 12.5 Å². The molecule has 0 amide bonds. The van der Waals surface area contributed by atoms with E-state index in [2.05, 4.69) is 19.9 Å². The zero-order chi connectivity index (χ0) is 12.7. The molecule has 1 fully saturated rings. The molecule has 1 unspecified atom stereocenters. The van der Waals surface area contributed by atoms with Gasteiger partial charge in [0.1, 0.15) is 42.1 Å². The van der Waals surface area contributed by atoms with Gasteiger partial charge in [-0.3, -0.25) is 0 Å². The summed E-state index contributed by atoms with van der Waals surface area (Å²) < 4.78 is 5.29. The lowest BCUT2D eigenvalue weighted by Gasteiger charge is -2.34. The van der Waals surface area contributed by atoms with Crippen LogP contribution in [0.1, 0.15) is 11.9 Å². The molecular formula is C10H12N4O4. The number of aliphatic hydroxyl groups excluding tert-OH is 3. The van der Waals surface area contributed by atoms with Crippen LogP contribution in [-0.2, 0) is 4.74 Å². The zero-order valence-corrected chi connectivity index (χ0v) is 9.26. The fraction of sp³-hybridized carbons (Fsp3) is 0.500. The maximum absolute atomic E-state index is 9.86. The Balaban J connectivity index is 1.94. The molecule has 2 aromatic heterocycles. The topological polar surface area (TPSA) is 124 Å². The molecule has 3 heterocycles. The van der Waals surface area contributed by atoms with Crippen LogP contribution in [0.2, 0.25) is 0 Å². The molecule has 1 aliphatic heterocycles. The van der Waals surface area contributed by atoms with Crippen molar-refractivity contribution in [3.8, 4) is 0 Å². The number of aromatic nitrogens is 4. The van der Waals surface area contributed by atoms with Crippen LogP contribution in [-0.4, -0.2) is 60.2 Å². The Labute approximate surface area is 101 Å². The largest absolute Gasteiger partial charge is 0.388 e. The van der Waals surface area contributed by atoms with Gasteiger partial charge < -0.3 is 25.0 Å². The number of hydrogen-bond donors (Lipinski definition) is 4. The molecule has 1 saturated heterocycles. The molecule has 2 aromatic rings. The second kappa shape index (κ2) is 4.25. The monoisotopic (exact) mass is 252 g/mol. The van der Waals surface area contributed by atoms with E-state index in [1.807, 2.05) is 0 Å². The summed E-state index contributed by atoms with van der Waals surface area (Å²) in [5.41, 5.74) is 1.07. The highest BCUT2D eigenvalue weighted by molar-refractivity contribution is 5.68. The van der Waals surface area contributed by atoms with Crippen LogP contribution in [0.4, 0.5) is 0 Å². The van der Waals surface area contributed by atoms with Crippen molar-refractivity contribution in [2.24, 2.45) is 0 Å². The first-order valence-electron chi connectivity index (χ1n) is 5.48. The molecule has 4 atom stereocenters. The van der Waals surface area contributed by atoms with E-state index in [4.69, 9.17) is 4.74 Å². The number of nitrogens with one attached hydrogen (secondary N) is 1. The number of rotatable bonds is 1. The highest BCUT2D eigenvalue weighted by atomic mass is 16.5. The van der Waals surface area contributed by atoms with Crippen molar-refractivity contribution in [2.75, 3.05) is 6.61 Å². The molecule has 8 heteroatoms. The molecule has 0 bridgehead atoms. The zero-order valence-electron chi connectivity index (χ0n) is 9.26. The van der Waals surface area contributed by atoms with Gasteiger partial charge in [0.25, 0.3) is 0 Å². The van der Waals surface area contributed by atoms with Gasteiger partial charge in [-0.1, -0.05) is 0 Å². The van der Waals surface area contributed by atoms with Gasteiger partial charge in [0, 0.05) is 0 Å². The Morgan fingerprint density at radius 1 is 1.28 bits per heavy atom. The van der Waals surface area contributed by atoms with E-state index in [1.165, 1.54) is 6.33 Å². The van der Waals surface area contributed by atoms with Crippen molar-refractivity contribution in [3.05, 3.63) is 18.3 Å². The number of H-pyrrole nitrogens is 1. The van der Waals surface area contributed by atoms with Crippen molar-refractivity contribution in [2.45, 2.75) is 24.4 Å². The lowest BCUT2D eigenvalue weighted by atomic mass is 10.00. The molecule has 18 heavy (non-hydrogen) atoms. The van der Waals surface area contributed by atoms with Crippen LogP contribution in [0.3, 0.4) is 0 Å². The Morgan fingerprint density at radius 3 is 2.89 bits per heavy atom. The Morgan fingerprint density at radius 2 is 2.11 bits per heavy atom. The number of ether oxygens (including phenoxy) is 1. The summed E-state index contributed by atoms with van der Waals surface area (Å²) in [4.78, 5) is 14.9. The van der Waals surface area contributed by atoms with Gasteiger partial charge in [0.05, 0.1) is 12.8 Å². The van der Waals surface area contributed by atoms with Gasteiger partial charge in [-0.15, -0.1) is 0 Å². The average Bonchev–Trinajstić information content (AvgIpc) is 2.79. The highest BCUT2D eigenvalue weighted by Crippen LogP contribution is 2.27. The maximum Gasteiger partial charge on any atom is 0.180 e. The summed E-state index contributed by atoms with van der Waals surface area (Å²) in [5.74, 6) is 0.351. The van der Waals surface area contributed by atoms with E-state index in [0.717, 1.165) is 0 Å². The third kappa shape index (κ3) is 1.75. The van der Waals surface area contributed by atoms with Crippen molar-refractivity contribution in [1.29, 1.82) is 0 Å². The van der Waals surface area contributed by atoms with Crippen molar-refractivity contribution < 1.29 is 20.1 Å². The average molecular weight is 252 g/mol. The van der Waals surface area contributed by atoms with E-state index >= 15 is 0 Å². The van der Waals surface area contributed by atoms with E-state index in [0.29, 0.717) is 17.0 Å². The second-order valence-electron chi connectivity index (χ2n) is 4.18. The molecule has 3 rings (SSSR count). The molecule has 0 saturated carbocycles. The minimum absolute atomic E-state index is 0.0639. The van der Waals surface area contributed by atoms with Crippen molar-refractivity contribution in [3.63, 3.8) is 0 Å². The quantitative estimate of drug-likeness (QED) is 0.487. The second-order valence-corrected chi connectivity index (χ2v) is 4.18. The van der Waals surface area contributed by atoms with Crippen LogP contribution >= 0.6 is 0 Å². The van der Waals surface area contributed by atoms with Crippen LogP contribution in [0, 0.1) is 0 Å². The summed E-state index contributed by atoms with van der Waals surface area (Å²) in [6, 6.07) is 0. The maximum atomic E-state index is 9.86. The van der Waals surface area contributed by atoms with Gasteiger partial charge in [0.2, 0.25) is 0 Å². The molecule has 0 aliphatic carbocycles. The fourth-order valence-corrected chi connectivity index (χ4v) is 1.96. The third-order valence-corrected chi connectivity index (χ3v) is 2.95. The Bertz CT molecular complexity index is 527. The summed E-state index contributed by atoms with van der Waals surface area (Å²) in [5, 5.41) is 28.8. The molecular weight excluding hydrogens is 240 g/mol. The minimum Gasteiger partial charge on any atom is -0.388 e. The van der Waals surface area contributed by atoms with Gasteiger partial charge in [-0.25, -0.2) is 15.0 Å². The molecule has 0 radical (unpaired) electrons. The molecule has 8 nitrogen and oxygen atoms in total.